The van der Waals surface area contributed by atoms with Crippen molar-refractivity contribution in [1.29, 1.82) is 0 Å². The maximum atomic E-state index is 11.9. The molecule has 2 aromatic carbocycles. The van der Waals surface area contributed by atoms with Crippen molar-refractivity contribution in [3.63, 3.8) is 0 Å². The van der Waals surface area contributed by atoms with E-state index in [1.54, 1.807) is 36.4 Å². The molecule has 18 heavy (non-hydrogen) atoms. The van der Waals surface area contributed by atoms with Crippen molar-refractivity contribution in [2.75, 3.05) is 5.32 Å². The number of nitrogens with one attached hydrogen (secondary N) is 1. The zero-order valence-corrected chi connectivity index (χ0v) is 10.2. The van der Waals surface area contributed by atoms with Gasteiger partial charge in [0.25, 0.3) is 5.91 Å². The first-order chi connectivity index (χ1) is 8.69. The van der Waals surface area contributed by atoms with Crippen LogP contribution in [0.3, 0.4) is 0 Å². The van der Waals surface area contributed by atoms with Crippen molar-refractivity contribution in [1.82, 2.24) is 0 Å². The van der Waals surface area contributed by atoms with Gasteiger partial charge in [-0.25, -0.2) is 0 Å². The molecule has 0 heterocycles. The summed E-state index contributed by atoms with van der Waals surface area (Å²) in [5.74, 6) is -0.133. The molecule has 0 unspecified atom stereocenters. The Bertz CT molecular complexity index is 529. The molecule has 0 bridgehead atoms. The monoisotopic (exact) mass is 241 g/mol. The first kappa shape index (κ1) is 12.3. The van der Waals surface area contributed by atoms with E-state index < -0.39 is 0 Å². The second-order valence-electron chi connectivity index (χ2n) is 4.18. The number of amides is 1. The van der Waals surface area contributed by atoms with E-state index in [2.05, 4.69) is 5.32 Å². The van der Waals surface area contributed by atoms with E-state index in [0.29, 0.717) is 5.56 Å². The van der Waals surface area contributed by atoms with Crippen LogP contribution < -0.4 is 5.32 Å². The van der Waals surface area contributed by atoms with Gasteiger partial charge in [-0.15, -0.1) is 0 Å². The number of anilines is 1. The van der Waals surface area contributed by atoms with Gasteiger partial charge >= 0.3 is 0 Å². The van der Waals surface area contributed by atoms with Crippen LogP contribution in [0, 0.1) is 6.92 Å². The van der Waals surface area contributed by atoms with Crippen molar-refractivity contribution in [3.8, 4) is 0 Å². The number of carbonyl (C=O) groups is 1. The van der Waals surface area contributed by atoms with Crippen LogP contribution in [-0.4, -0.2) is 11.0 Å². The van der Waals surface area contributed by atoms with Gasteiger partial charge in [0.1, 0.15) is 0 Å². The molecule has 0 saturated carbocycles. The number of aryl methyl sites for hydroxylation is 1. The minimum Gasteiger partial charge on any atom is -0.392 e. The summed E-state index contributed by atoms with van der Waals surface area (Å²) < 4.78 is 0. The van der Waals surface area contributed by atoms with E-state index in [1.165, 1.54) is 0 Å². The average molecular weight is 241 g/mol. The normalized spacial score (nSPS) is 10.1. The molecule has 0 aliphatic heterocycles. The summed E-state index contributed by atoms with van der Waals surface area (Å²) in [4.78, 5) is 11.9. The Hall–Kier alpha value is -2.13. The molecule has 2 rings (SSSR count). The predicted molar refractivity (Wildman–Crippen MR) is 71.5 cm³/mol. The lowest BCUT2D eigenvalue weighted by atomic mass is 10.1. The van der Waals surface area contributed by atoms with E-state index >= 15 is 0 Å². The third kappa shape index (κ3) is 2.96. The molecule has 0 aliphatic rings. The number of benzene rings is 2. The van der Waals surface area contributed by atoms with Gasteiger partial charge < -0.3 is 10.4 Å². The average Bonchev–Trinajstić information content (AvgIpc) is 2.40. The molecule has 0 aliphatic carbocycles. The fourth-order valence-corrected chi connectivity index (χ4v) is 1.60. The first-order valence-electron chi connectivity index (χ1n) is 5.77. The van der Waals surface area contributed by atoms with Crippen LogP contribution in [0.1, 0.15) is 21.5 Å². The quantitative estimate of drug-likeness (QED) is 0.868. The lowest BCUT2D eigenvalue weighted by molar-refractivity contribution is 0.102. The number of carbonyl (C=O) groups excluding carboxylic acids is 1. The van der Waals surface area contributed by atoms with Crippen LogP contribution in [0.5, 0.6) is 0 Å². The summed E-state index contributed by atoms with van der Waals surface area (Å²) in [6.45, 7) is 1.99. The molecule has 0 radical (unpaired) electrons. The van der Waals surface area contributed by atoms with Gasteiger partial charge in [0, 0.05) is 11.3 Å². The first-order valence-corrected chi connectivity index (χ1v) is 5.77. The molecule has 0 fully saturated rings. The smallest absolute Gasteiger partial charge is 0.255 e. The molecule has 0 saturated heterocycles. The number of hydrogen-bond acceptors (Lipinski definition) is 2. The molecule has 2 N–H and O–H groups in total. The summed E-state index contributed by atoms with van der Waals surface area (Å²) in [7, 11) is 0. The molecule has 2 aromatic rings. The van der Waals surface area contributed by atoms with E-state index in [4.69, 9.17) is 5.11 Å². The van der Waals surface area contributed by atoms with Gasteiger partial charge in [0.2, 0.25) is 0 Å². The van der Waals surface area contributed by atoms with Crippen molar-refractivity contribution in [2.45, 2.75) is 13.5 Å². The SMILES string of the molecule is Cc1ccc(C(=O)Nc2ccc(CO)cc2)cc1. The highest BCUT2D eigenvalue weighted by Gasteiger charge is 2.05. The molecule has 3 heteroatoms. The summed E-state index contributed by atoms with van der Waals surface area (Å²) in [5.41, 5.74) is 3.30. The Morgan fingerprint density at radius 3 is 2.22 bits per heavy atom. The van der Waals surface area contributed by atoms with E-state index in [1.807, 2.05) is 19.1 Å². The van der Waals surface area contributed by atoms with E-state index in [0.717, 1.165) is 16.8 Å². The maximum Gasteiger partial charge on any atom is 0.255 e. The second-order valence-corrected chi connectivity index (χ2v) is 4.18. The van der Waals surface area contributed by atoms with Crippen LogP contribution in [0.25, 0.3) is 0 Å². The van der Waals surface area contributed by atoms with E-state index in [9.17, 15) is 4.79 Å². The maximum absolute atomic E-state index is 11.9. The summed E-state index contributed by atoms with van der Waals surface area (Å²) >= 11 is 0. The fraction of sp³-hybridized carbons (Fsp3) is 0.133. The number of rotatable bonds is 3. The van der Waals surface area contributed by atoms with Gasteiger partial charge in [-0.1, -0.05) is 29.8 Å². The zero-order chi connectivity index (χ0) is 13.0. The number of hydrogen-bond donors (Lipinski definition) is 2. The predicted octanol–water partition coefficient (Wildman–Crippen LogP) is 2.74. The minimum atomic E-state index is -0.133. The van der Waals surface area contributed by atoms with Crippen molar-refractivity contribution < 1.29 is 9.90 Å². The Morgan fingerprint density at radius 1 is 1.06 bits per heavy atom. The second kappa shape index (κ2) is 5.47. The minimum absolute atomic E-state index is 0.00614. The van der Waals surface area contributed by atoms with Gasteiger partial charge in [-0.2, -0.15) is 0 Å². The third-order valence-corrected chi connectivity index (χ3v) is 2.71. The molecule has 3 nitrogen and oxygen atoms in total. The van der Waals surface area contributed by atoms with Gasteiger partial charge in [0.05, 0.1) is 6.61 Å². The molecular weight excluding hydrogens is 226 g/mol. The Balaban J connectivity index is 2.08. The Kier molecular flexibility index (Phi) is 3.75. The van der Waals surface area contributed by atoms with Crippen LogP contribution in [0.4, 0.5) is 5.69 Å². The van der Waals surface area contributed by atoms with Crippen molar-refractivity contribution in [3.05, 3.63) is 65.2 Å². The van der Waals surface area contributed by atoms with Crippen molar-refractivity contribution >= 4 is 11.6 Å². The fourth-order valence-electron chi connectivity index (χ4n) is 1.60. The van der Waals surface area contributed by atoms with Crippen LogP contribution in [0.2, 0.25) is 0 Å². The van der Waals surface area contributed by atoms with Gasteiger partial charge in [-0.05, 0) is 36.8 Å². The molecule has 0 atom stereocenters. The summed E-state index contributed by atoms with van der Waals surface area (Å²) in [5, 5.41) is 11.7. The molecular formula is C15H15NO2. The lowest BCUT2D eigenvalue weighted by Crippen LogP contribution is -2.11. The van der Waals surface area contributed by atoms with Crippen LogP contribution in [0.15, 0.2) is 48.5 Å². The van der Waals surface area contributed by atoms with Crippen molar-refractivity contribution in [2.24, 2.45) is 0 Å². The van der Waals surface area contributed by atoms with Gasteiger partial charge in [0.15, 0.2) is 0 Å². The van der Waals surface area contributed by atoms with Crippen LogP contribution >= 0.6 is 0 Å². The van der Waals surface area contributed by atoms with Crippen LogP contribution in [-0.2, 0) is 6.61 Å². The topological polar surface area (TPSA) is 49.3 Å². The standard InChI is InChI=1S/C15H15NO2/c1-11-2-6-13(7-3-11)15(18)16-14-8-4-12(10-17)5-9-14/h2-9,17H,10H2,1H3,(H,16,18). The Morgan fingerprint density at radius 2 is 1.67 bits per heavy atom. The summed E-state index contributed by atoms with van der Waals surface area (Å²) in [6, 6.07) is 14.5. The van der Waals surface area contributed by atoms with E-state index in [-0.39, 0.29) is 12.5 Å². The lowest BCUT2D eigenvalue weighted by Gasteiger charge is -2.06. The highest BCUT2D eigenvalue weighted by Crippen LogP contribution is 2.12. The molecule has 92 valence electrons. The highest BCUT2D eigenvalue weighted by atomic mass is 16.3. The largest absolute Gasteiger partial charge is 0.392 e. The number of aliphatic hydroxyl groups is 1. The zero-order valence-electron chi connectivity index (χ0n) is 10.2. The third-order valence-electron chi connectivity index (χ3n) is 2.71. The number of aliphatic hydroxyl groups excluding tert-OH is 1. The molecule has 1 amide bonds. The Labute approximate surface area is 106 Å². The van der Waals surface area contributed by atoms with Gasteiger partial charge in [-0.3, -0.25) is 4.79 Å². The summed E-state index contributed by atoms with van der Waals surface area (Å²) in [6.07, 6.45) is 0. The molecule has 0 aromatic heterocycles. The molecule has 0 spiro atoms. The highest BCUT2D eigenvalue weighted by molar-refractivity contribution is 6.04.